The molecule has 322 valence electrons. The molecule has 0 aliphatic heterocycles. The first-order valence-corrected chi connectivity index (χ1v) is 27.6. The molecule has 0 aromatic rings. The van der Waals surface area contributed by atoms with Crippen LogP contribution < -0.4 is 0 Å². The molecule has 12 heteroatoms. The van der Waals surface area contributed by atoms with Gasteiger partial charge in [0.05, 0.1) is 39.3 Å². The molecule has 0 fully saturated rings. The van der Waals surface area contributed by atoms with Crippen LogP contribution in [0.5, 0.6) is 0 Å². The topological polar surface area (TPSA) is 83.1 Å². The molecule has 0 N–H and O–H groups in total. The first-order valence-electron chi connectivity index (χ1n) is 21.8. The molecule has 0 aliphatic rings. The van der Waals surface area contributed by atoms with Crippen LogP contribution in [-0.2, 0) is 41.7 Å². The molecule has 0 aliphatic carbocycles. The lowest BCUT2D eigenvalue weighted by Gasteiger charge is -2.26. The normalized spacial score (nSPS) is 12.9. The predicted molar refractivity (Wildman–Crippen MR) is 228 cm³/mol. The first kappa shape index (κ1) is 55.5. The summed E-state index contributed by atoms with van der Waals surface area (Å²) in [6.07, 6.45) is 26.6. The van der Waals surface area contributed by atoms with Crippen molar-refractivity contribution in [2.75, 3.05) is 93.3 Å². The third-order valence-electron chi connectivity index (χ3n) is 9.08. The Bertz CT molecular complexity index is 655. The Morgan fingerprint density at radius 1 is 0.396 bits per heavy atom. The Kier molecular flexibility index (Phi) is 47.2. The molecule has 0 saturated heterocycles. The third kappa shape index (κ3) is 43.3. The third-order valence-corrected chi connectivity index (χ3v) is 14.9. The molecule has 0 spiro atoms. The van der Waals surface area contributed by atoms with E-state index in [0.717, 1.165) is 58.0 Å². The summed E-state index contributed by atoms with van der Waals surface area (Å²) in [6.45, 7) is 17.8. The Labute approximate surface area is 336 Å². The number of halogens is 1. The van der Waals surface area contributed by atoms with Crippen LogP contribution in [0.4, 0.5) is 0 Å². The summed E-state index contributed by atoms with van der Waals surface area (Å²) < 4.78 is 49.8. The number of hydrogen-bond acceptors (Lipinski definition) is 9. The van der Waals surface area contributed by atoms with E-state index in [0.29, 0.717) is 39.6 Å². The molecular weight excluding hydrogens is 728 g/mol. The van der Waals surface area contributed by atoms with E-state index in [4.69, 9.17) is 52.8 Å². The summed E-state index contributed by atoms with van der Waals surface area (Å²) in [7, 11) is -0.926. The lowest BCUT2D eigenvalue weighted by molar-refractivity contribution is -0.0397. The zero-order valence-electron chi connectivity index (χ0n) is 36.1. The van der Waals surface area contributed by atoms with Crippen molar-refractivity contribution in [3.8, 4) is 0 Å². The van der Waals surface area contributed by atoms with Gasteiger partial charge in [-0.1, -0.05) is 130 Å². The summed E-state index contributed by atoms with van der Waals surface area (Å²) in [5.74, 6) is 0. The first-order chi connectivity index (χ1) is 25.9. The summed E-state index contributed by atoms with van der Waals surface area (Å²) in [5, 5.41) is 0. The van der Waals surface area contributed by atoms with E-state index < -0.39 is 16.2 Å². The second-order valence-electron chi connectivity index (χ2n) is 14.2. The Balaban J connectivity index is 0. The van der Waals surface area contributed by atoms with E-state index in [1.54, 1.807) is 14.2 Å². The van der Waals surface area contributed by atoms with Crippen molar-refractivity contribution < 1.29 is 41.7 Å². The monoisotopic (exact) mass is 817 g/mol. The van der Waals surface area contributed by atoms with E-state index in [1.807, 2.05) is 13.8 Å². The molecule has 1 unspecified atom stereocenters. The fourth-order valence-electron chi connectivity index (χ4n) is 5.74. The highest BCUT2D eigenvalue weighted by atomic mass is 35.6. The van der Waals surface area contributed by atoms with Crippen LogP contribution in [0.25, 0.3) is 0 Å². The van der Waals surface area contributed by atoms with Gasteiger partial charge in [0.15, 0.2) is 7.38 Å². The zero-order valence-corrected chi connectivity index (χ0v) is 38.8. The van der Waals surface area contributed by atoms with Gasteiger partial charge in [-0.05, 0) is 39.2 Å². The maximum Gasteiger partial charge on any atom is 0.502 e. The van der Waals surface area contributed by atoms with Crippen LogP contribution in [0.2, 0.25) is 18.6 Å². The molecular formula is C41H89ClO9Si2. The molecule has 0 heterocycles. The van der Waals surface area contributed by atoms with Crippen molar-refractivity contribution >= 4 is 27.3 Å². The zero-order chi connectivity index (χ0) is 39.4. The van der Waals surface area contributed by atoms with Gasteiger partial charge in [0, 0.05) is 53.3 Å². The van der Waals surface area contributed by atoms with Gasteiger partial charge in [-0.3, -0.25) is 0 Å². The lowest BCUT2D eigenvalue weighted by atomic mass is 10.1. The minimum atomic E-state index is -2.59. The van der Waals surface area contributed by atoms with Gasteiger partial charge in [-0.15, -0.1) is 0 Å². The highest BCUT2D eigenvalue weighted by molar-refractivity contribution is 7.19. The van der Waals surface area contributed by atoms with E-state index in [1.165, 1.54) is 115 Å². The van der Waals surface area contributed by atoms with Crippen molar-refractivity contribution in [2.45, 2.75) is 175 Å². The average Bonchev–Trinajstić information content (AvgIpc) is 3.16. The highest BCUT2D eigenvalue weighted by Gasteiger charge is 2.38. The quantitative estimate of drug-likeness (QED) is 0.0258. The largest absolute Gasteiger partial charge is 0.502 e. The van der Waals surface area contributed by atoms with Gasteiger partial charge >= 0.3 is 8.80 Å². The van der Waals surface area contributed by atoms with Crippen molar-refractivity contribution in [3.63, 3.8) is 0 Å². The van der Waals surface area contributed by atoms with Crippen molar-refractivity contribution in [2.24, 2.45) is 0 Å². The summed E-state index contributed by atoms with van der Waals surface area (Å²) in [4.78, 5) is 0. The van der Waals surface area contributed by atoms with Crippen LogP contribution in [-0.4, -0.2) is 109 Å². The van der Waals surface area contributed by atoms with Gasteiger partial charge in [0.1, 0.15) is 6.79 Å². The second-order valence-corrected chi connectivity index (χ2v) is 23.5. The summed E-state index contributed by atoms with van der Waals surface area (Å²) >= 11 is 6.70. The minimum absolute atomic E-state index is 0.213. The lowest BCUT2D eigenvalue weighted by Crippen LogP contribution is -2.44. The Morgan fingerprint density at radius 3 is 1.21 bits per heavy atom. The smallest absolute Gasteiger partial charge is 0.383 e. The molecule has 53 heavy (non-hydrogen) atoms. The van der Waals surface area contributed by atoms with Gasteiger partial charge in [0.2, 0.25) is 0 Å². The Morgan fingerprint density at radius 2 is 0.774 bits per heavy atom. The van der Waals surface area contributed by atoms with E-state index >= 15 is 0 Å². The van der Waals surface area contributed by atoms with Gasteiger partial charge in [0.25, 0.3) is 0 Å². The van der Waals surface area contributed by atoms with Crippen LogP contribution in [0.1, 0.15) is 156 Å². The maximum atomic E-state index is 6.70. The number of unbranched alkanes of at least 4 members (excludes halogenated alkanes) is 16. The van der Waals surface area contributed by atoms with Crippen LogP contribution in [0.3, 0.4) is 0 Å². The van der Waals surface area contributed by atoms with Gasteiger partial charge in [-0.2, -0.15) is 11.1 Å². The molecule has 0 bridgehead atoms. The fourth-order valence-corrected chi connectivity index (χ4v) is 9.97. The minimum Gasteiger partial charge on any atom is -0.383 e. The second kappa shape index (κ2) is 45.1. The number of ether oxygens (including phenoxy) is 6. The molecule has 0 aromatic carbocycles. The maximum absolute atomic E-state index is 6.70. The van der Waals surface area contributed by atoms with Crippen molar-refractivity contribution in [1.29, 1.82) is 0 Å². The predicted octanol–water partition coefficient (Wildman–Crippen LogP) is 11.5. The van der Waals surface area contributed by atoms with Crippen LogP contribution in [0, 0.1) is 0 Å². The van der Waals surface area contributed by atoms with Crippen molar-refractivity contribution in [3.05, 3.63) is 0 Å². The highest BCUT2D eigenvalue weighted by Crippen LogP contribution is 2.21. The number of rotatable bonds is 43. The van der Waals surface area contributed by atoms with Gasteiger partial charge < -0.3 is 41.7 Å². The molecule has 9 nitrogen and oxygen atoms in total. The van der Waals surface area contributed by atoms with Gasteiger partial charge in [-0.25, -0.2) is 0 Å². The molecule has 0 rings (SSSR count). The average molecular weight is 818 g/mol. The number of hydrogen-bond donors (Lipinski definition) is 0. The van der Waals surface area contributed by atoms with E-state index in [9.17, 15) is 0 Å². The van der Waals surface area contributed by atoms with Crippen molar-refractivity contribution in [1.82, 2.24) is 0 Å². The molecule has 1 atom stereocenters. The summed E-state index contributed by atoms with van der Waals surface area (Å²) in [5.41, 5.74) is 0. The van der Waals surface area contributed by atoms with E-state index in [-0.39, 0.29) is 6.79 Å². The van der Waals surface area contributed by atoms with Crippen LogP contribution >= 0.6 is 11.1 Å². The standard InChI is InChI=1S/C21H46O6Si.C20H43ClO3Si/c1-5-7-8-9-10-11-12-13-14-20-28(22-3,23-4)27-21-26-17-15-16-25-19-18-24-6-2;1-4-6-7-8-9-10-11-12-13-19-25(3,21)20-24-16-14-15-23-18-17-22-5-2/h5-21H2,1-4H3;4-20H2,1-3H3. The van der Waals surface area contributed by atoms with Crippen LogP contribution in [0.15, 0.2) is 0 Å². The molecule has 0 radical (unpaired) electrons. The Hall–Kier alpha value is 0.364. The molecule has 0 aromatic heterocycles. The molecule has 0 saturated carbocycles. The molecule has 0 amide bonds. The SMILES string of the molecule is CCCCCCCCCCC[Si](C)(Cl)COCCCOCCOCC.CCCCCCCCCCC[Si](OC)(OC)OCOCCCOCCOCC. The van der Waals surface area contributed by atoms with E-state index in [2.05, 4.69) is 20.4 Å². The summed E-state index contributed by atoms with van der Waals surface area (Å²) in [6, 6.07) is 2.02. The fraction of sp³-hybridized carbons (Fsp3) is 1.00.